The first-order valence-corrected chi connectivity index (χ1v) is 5.63. The quantitative estimate of drug-likeness (QED) is 0.489. The van der Waals surface area contributed by atoms with Crippen LogP contribution in [0.2, 0.25) is 0 Å². The molecule has 0 fully saturated rings. The summed E-state index contributed by atoms with van der Waals surface area (Å²) in [4.78, 5) is 25.2. The number of nitrogens with one attached hydrogen (secondary N) is 1. The van der Waals surface area contributed by atoms with Crippen molar-refractivity contribution in [2.75, 3.05) is 6.61 Å². The van der Waals surface area contributed by atoms with E-state index in [1.54, 1.807) is 26.8 Å². The molecule has 19 heavy (non-hydrogen) atoms. The van der Waals surface area contributed by atoms with E-state index >= 15 is 0 Å². The van der Waals surface area contributed by atoms with Gasteiger partial charge in [0.25, 0.3) is 0 Å². The molecule has 1 aromatic rings. The third-order valence-corrected chi connectivity index (χ3v) is 2.61. The lowest BCUT2D eigenvalue weighted by Crippen LogP contribution is -2.06. The molecule has 0 saturated heterocycles. The van der Waals surface area contributed by atoms with Crippen LogP contribution >= 0.6 is 0 Å². The number of carboxylic acids is 1. The van der Waals surface area contributed by atoms with Gasteiger partial charge in [-0.25, -0.2) is 9.59 Å². The molecule has 0 aromatic carbocycles. The van der Waals surface area contributed by atoms with E-state index < -0.39 is 11.9 Å². The minimum Gasteiger partial charge on any atom is -0.477 e. The number of aromatic nitrogens is 1. The van der Waals surface area contributed by atoms with E-state index in [1.807, 2.05) is 0 Å². The lowest BCUT2D eigenvalue weighted by atomic mass is 10.1. The number of aromatic carboxylic acids is 1. The minimum absolute atomic E-state index is 0.0462. The maximum Gasteiger partial charge on any atom is 0.352 e. The Kier molecular flexibility index (Phi) is 4.48. The van der Waals surface area contributed by atoms with Gasteiger partial charge in [0.05, 0.1) is 6.61 Å². The lowest BCUT2D eigenvalue weighted by molar-refractivity contribution is -0.137. The van der Waals surface area contributed by atoms with Gasteiger partial charge in [0.15, 0.2) is 0 Å². The Labute approximate surface area is 110 Å². The van der Waals surface area contributed by atoms with Crippen molar-refractivity contribution in [1.82, 2.24) is 4.98 Å². The number of H-pyrrole nitrogens is 1. The molecule has 0 radical (unpaired) electrons. The summed E-state index contributed by atoms with van der Waals surface area (Å²) < 4.78 is 4.74. The maximum absolute atomic E-state index is 11.5. The van der Waals surface area contributed by atoms with Gasteiger partial charge in [-0.15, -0.1) is 0 Å². The van der Waals surface area contributed by atoms with Crippen molar-refractivity contribution in [2.24, 2.45) is 0 Å². The molecule has 0 spiro atoms. The van der Waals surface area contributed by atoms with Crippen molar-refractivity contribution >= 4 is 18.0 Å². The second kappa shape index (κ2) is 5.87. The normalized spacial score (nSPS) is 10.9. The molecule has 6 heteroatoms. The number of carbonyl (C=O) groups is 2. The molecule has 0 atom stereocenters. The number of hydrogen-bond donors (Lipinski definition) is 2. The van der Waals surface area contributed by atoms with Crippen LogP contribution < -0.4 is 0 Å². The third-order valence-electron chi connectivity index (χ3n) is 2.61. The number of nitriles is 1. The van der Waals surface area contributed by atoms with Crippen molar-refractivity contribution in [3.05, 3.63) is 28.1 Å². The number of carbonyl (C=O) groups excluding carboxylic acids is 1. The van der Waals surface area contributed by atoms with Gasteiger partial charge in [0.2, 0.25) is 0 Å². The average Bonchev–Trinajstić information content (AvgIpc) is 2.63. The Balaban J connectivity index is 3.27. The number of aromatic amines is 1. The SMILES string of the molecule is CCOC(=O)/C(C#N)=C/c1c(C)[nH]c(C(=O)O)c1C. The van der Waals surface area contributed by atoms with E-state index in [4.69, 9.17) is 15.1 Å². The zero-order valence-electron chi connectivity index (χ0n) is 10.9. The number of aryl methyl sites for hydroxylation is 1. The summed E-state index contributed by atoms with van der Waals surface area (Å²) in [6.45, 7) is 5.09. The van der Waals surface area contributed by atoms with Gasteiger partial charge in [-0.3, -0.25) is 0 Å². The predicted molar refractivity (Wildman–Crippen MR) is 67.4 cm³/mol. The number of ether oxygens (including phenoxy) is 1. The molecule has 0 amide bonds. The summed E-state index contributed by atoms with van der Waals surface area (Å²) >= 11 is 0. The fourth-order valence-electron chi connectivity index (χ4n) is 1.68. The summed E-state index contributed by atoms with van der Waals surface area (Å²) in [6, 6.07) is 1.75. The van der Waals surface area contributed by atoms with Crippen LogP contribution in [0.25, 0.3) is 6.08 Å². The molecule has 1 aromatic heterocycles. The van der Waals surface area contributed by atoms with E-state index in [9.17, 15) is 9.59 Å². The zero-order valence-corrected chi connectivity index (χ0v) is 10.9. The molecule has 100 valence electrons. The fraction of sp³-hybridized carbons (Fsp3) is 0.308. The Morgan fingerprint density at radius 1 is 1.47 bits per heavy atom. The van der Waals surface area contributed by atoms with Crippen molar-refractivity contribution in [1.29, 1.82) is 5.26 Å². The van der Waals surface area contributed by atoms with E-state index in [1.165, 1.54) is 6.08 Å². The molecule has 0 aliphatic carbocycles. The van der Waals surface area contributed by atoms with Gasteiger partial charge in [0.1, 0.15) is 17.3 Å². The molecule has 2 N–H and O–H groups in total. The highest BCUT2D eigenvalue weighted by atomic mass is 16.5. The Hall–Kier alpha value is -2.55. The molecule has 6 nitrogen and oxygen atoms in total. The first-order chi connectivity index (χ1) is 8.92. The molecule has 0 aliphatic rings. The fourth-order valence-corrected chi connectivity index (χ4v) is 1.68. The van der Waals surface area contributed by atoms with E-state index in [0.717, 1.165) is 0 Å². The maximum atomic E-state index is 11.5. The first kappa shape index (κ1) is 14.5. The standard InChI is InChI=1S/C13H14N2O4/c1-4-19-13(18)9(6-14)5-10-7(2)11(12(16)17)15-8(10)3/h5,15H,4H2,1-3H3,(H,16,17)/b9-5+. The van der Waals surface area contributed by atoms with Crippen molar-refractivity contribution in [3.8, 4) is 6.07 Å². The second-order valence-corrected chi connectivity index (χ2v) is 3.86. The van der Waals surface area contributed by atoms with Gasteiger partial charge in [0, 0.05) is 11.3 Å². The van der Waals surface area contributed by atoms with Gasteiger partial charge >= 0.3 is 11.9 Å². The highest BCUT2D eigenvalue weighted by Crippen LogP contribution is 2.21. The van der Waals surface area contributed by atoms with Crippen molar-refractivity contribution < 1.29 is 19.4 Å². The van der Waals surface area contributed by atoms with Gasteiger partial charge < -0.3 is 14.8 Å². The van der Waals surface area contributed by atoms with Crippen LogP contribution in [0, 0.1) is 25.2 Å². The lowest BCUT2D eigenvalue weighted by Gasteiger charge is -2.00. The van der Waals surface area contributed by atoms with Crippen LogP contribution in [0.5, 0.6) is 0 Å². The monoisotopic (exact) mass is 262 g/mol. The Bertz CT molecular complexity index is 591. The molecule has 0 bridgehead atoms. The summed E-state index contributed by atoms with van der Waals surface area (Å²) in [6.07, 6.45) is 1.34. The highest BCUT2D eigenvalue weighted by Gasteiger charge is 2.17. The number of nitrogens with zero attached hydrogens (tertiary/aromatic N) is 1. The van der Waals surface area contributed by atoms with Crippen molar-refractivity contribution in [2.45, 2.75) is 20.8 Å². The molecule has 1 heterocycles. The number of carboxylic acid groups (broad SMARTS) is 1. The Morgan fingerprint density at radius 3 is 2.53 bits per heavy atom. The summed E-state index contributed by atoms with van der Waals surface area (Å²) in [5, 5.41) is 17.9. The van der Waals surface area contributed by atoms with Crippen LogP contribution in [0.4, 0.5) is 0 Å². The van der Waals surface area contributed by atoms with Crippen LogP contribution in [0.15, 0.2) is 5.57 Å². The first-order valence-electron chi connectivity index (χ1n) is 5.63. The third kappa shape index (κ3) is 3.01. The van der Waals surface area contributed by atoms with E-state index in [-0.39, 0.29) is 17.9 Å². The average molecular weight is 262 g/mol. The van der Waals surface area contributed by atoms with Crippen LogP contribution in [-0.4, -0.2) is 28.6 Å². The largest absolute Gasteiger partial charge is 0.477 e. The van der Waals surface area contributed by atoms with Crippen LogP contribution in [-0.2, 0) is 9.53 Å². The topological polar surface area (TPSA) is 103 Å². The number of esters is 1. The van der Waals surface area contributed by atoms with E-state index in [2.05, 4.69) is 4.98 Å². The molecular weight excluding hydrogens is 248 g/mol. The van der Waals surface area contributed by atoms with Crippen LogP contribution in [0.3, 0.4) is 0 Å². The summed E-state index contributed by atoms with van der Waals surface area (Å²) in [5.41, 5.74) is 1.45. The summed E-state index contributed by atoms with van der Waals surface area (Å²) in [7, 11) is 0. The molecular formula is C13H14N2O4. The highest BCUT2D eigenvalue weighted by molar-refractivity contribution is 5.99. The number of rotatable bonds is 4. The Morgan fingerprint density at radius 2 is 2.11 bits per heavy atom. The van der Waals surface area contributed by atoms with Gasteiger partial charge in [-0.2, -0.15) is 5.26 Å². The minimum atomic E-state index is -1.09. The molecule has 1 rings (SSSR count). The van der Waals surface area contributed by atoms with E-state index in [0.29, 0.717) is 16.8 Å². The molecule has 0 aliphatic heterocycles. The molecule has 0 unspecified atom stereocenters. The predicted octanol–water partition coefficient (Wildman–Crippen LogP) is 1.80. The van der Waals surface area contributed by atoms with Gasteiger partial charge in [-0.05, 0) is 32.4 Å². The van der Waals surface area contributed by atoms with Gasteiger partial charge in [-0.1, -0.05) is 0 Å². The smallest absolute Gasteiger partial charge is 0.352 e. The molecule has 0 saturated carbocycles. The van der Waals surface area contributed by atoms with Crippen LogP contribution in [0.1, 0.15) is 34.2 Å². The summed E-state index contributed by atoms with van der Waals surface area (Å²) in [5.74, 6) is -1.81. The van der Waals surface area contributed by atoms with Crippen molar-refractivity contribution in [3.63, 3.8) is 0 Å². The zero-order chi connectivity index (χ0) is 14.6. The second-order valence-electron chi connectivity index (χ2n) is 3.86. The number of hydrogen-bond acceptors (Lipinski definition) is 4.